The van der Waals surface area contributed by atoms with Gasteiger partial charge in [0.05, 0.1) is 0 Å². The lowest BCUT2D eigenvalue weighted by Crippen LogP contribution is -2.03. The van der Waals surface area contributed by atoms with Gasteiger partial charge in [-0.3, -0.25) is 0 Å². The summed E-state index contributed by atoms with van der Waals surface area (Å²) in [5, 5.41) is 12.2. The number of hydrogen-bond donors (Lipinski definition) is 3. The fourth-order valence-corrected chi connectivity index (χ4v) is 0.883. The van der Waals surface area contributed by atoms with E-state index in [2.05, 4.69) is 10.3 Å². The third kappa shape index (κ3) is 2.76. The van der Waals surface area contributed by atoms with Crippen LogP contribution in [0.2, 0.25) is 0 Å². The largest absolute Gasteiger partial charge is 0.504 e. The van der Waals surface area contributed by atoms with Crippen molar-refractivity contribution in [1.82, 2.24) is 10.3 Å². The second kappa shape index (κ2) is 4.47. The first-order valence-corrected chi connectivity index (χ1v) is 3.99. The Morgan fingerprint density at radius 3 is 3.08 bits per heavy atom. The number of nitrogens with two attached hydrogens (primary N) is 1. The maximum absolute atomic E-state index is 9.22. The molecular weight excluding hydrogens is 166 g/mol. The summed E-state index contributed by atoms with van der Waals surface area (Å²) >= 11 is 0. The second-order valence-electron chi connectivity index (χ2n) is 2.63. The van der Waals surface area contributed by atoms with Crippen molar-refractivity contribution in [3.8, 4) is 5.75 Å². The lowest BCUT2D eigenvalue weighted by Gasteiger charge is -1.98. The van der Waals surface area contributed by atoms with Gasteiger partial charge >= 0.3 is 0 Å². The molecule has 0 saturated carbocycles. The second-order valence-corrected chi connectivity index (χ2v) is 2.63. The Kier molecular flexibility index (Phi) is 3.28. The highest BCUT2D eigenvalue weighted by atomic mass is 16.3. The van der Waals surface area contributed by atoms with E-state index < -0.39 is 0 Å². The smallest absolute Gasteiger partial charge is 0.165 e. The van der Waals surface area contributed by atoms with Gasteiger partial charge < -0.3 is 16.2 Å². The van der Waals surface area contributed by atoms with E-state index in [1.807, 2.05) is 19.2 Å². The van der Waals surface area contributed by atoms with Gasteiger partial charge in [0.1, 0.15) is 0 Å². The van der Waals surface area contributed by atoms with Crippen LogP contribution < -0.4 is 11.1 Å². The molecule has 0 aliphatic rings. The van der Waals surface area contributed by atoms with Gasteiger partial charge in [0, 0.05) is 12.7 Å². The quantitative estimate of drug-likeness (QED) is 0.635. The molecule has 0 fully saturated rings. The highest BCUT2D eigenvalue weighted by molar-refractivity contribution is 5.55. The Bertz CT molecular complexity index is 310. The summed E-state index contributed by atoms with van der Waals surface area (Å²) in [5.74, 6) is 0.178. The average Bonchev–Trinajstić information content (AvgIpc) is 2.12. The molecule has 0 radical (unpaired) electrons. The minimum atomic E-state index is 0.0200. The first kappa shape index (κ1) is 9.54. The molecule has 4 nitrogen and oxygen atoms in total. The van der Waals surface area contributed by atoms with Crippen LogP contribution in [0.25, 0.3) is 6.08 Å². The van der Waals surface area contributed by atoms with Gasteiger partial charge in [-0.05, 0) is 18.7 Å². The summed E-state index contributed by atoms with van der Waals surface area (Å²) in [6, 6.07) is 1.58. The first-order chi connectivity index (χ1) is 6.24. The molecule has 0 spiro atoms. The van der Waals surface area contributed by atoms with Crippen LogP contribution in [0.5, 0.6) is 5.75 Å². The van der Waals surface area contributed by atoms with Crippen molar-refractivity contribution < 1.29 is 5.11 Å². The van der Waals surface area contributed by atoms with Crippen molar-refractivity contribution in [3.63, 3.8) is 0 Å². The molecule has 1 heterocycles. The highest BCUT2D eigenvalue weighted by Gasteiger charge is 1.96. The molecule has 0 bridgehead atoms. The predicted molar refractivity (Wildman–Crippen MR) is 53.3 cm³/mol. The summed E-state index contributed by atoms with van der Waals surface area (Å²) in [6.45, 7) is 0.783. The van der Waals surface area contributed by atoms with Gasteiger partial charge in [0.15, 0.2) is 11.6 Å². The topological polar surface area (TPSA) is 71.2 Å². The van der Waals surface area contributed by atoms with E-state index in [1.165, 1.54) is 0 Å². The molecule has 0 amide bonds. The summed E-state index contributed by atoms with van der Waals surface area (Å²) in [5.41, 5.74) is 6.18. The molecule has 0 atom stereocenters. The lowest BCUT2D eigenvalue weighted by atomic mass is 10.2. The van der Waals surface area contributed by atoms with E-state index >= 15 is 0 Å². The molecule has 0 aliphatic heterocycles. The molecule has 1 rings (SSSR count). The van der Waals surface area contributed by atoms with Gasteiger partial charge in [-0.2, -0.15) is 0 Å². The molecule has 0 aromatic carbocycles. The Morgan fingerprint density at radius 2 is 2.46 bits per heavy atom. The van der Waals surface area contributed by atoms with Gasteiger partial charge in [0.2, 0.25) is 0 Å². The van der Waals surface area contributed by atoms with E-state index in [1.54, 1.807) is 12.3 Å². The number of anilines is 1. The Labute approximate surface area is 77.1 Å². The maximum Gasteiger partial charge on any atom is 0.165 e. The fourth-order valence-electron chi connectivity index (χ4n) is 0.883. The van der Waals surface area contributed by atoms with E-state index in [4.69, 9.17) is 5.73 Å². The molecule has 0 unspecified atom stereocenters. The van der Waals surface area contributed by atoms with Crippen LogP contribution in [0.15, 0.2) is 18.3 Å². The van der Waals surface area contributed by atoms with Crippen molar-refractivity contribution in [3.05, 3.63) is 23.9 Å². The number of nitrogens with one attached hydrogen (secondary N) is 1. The molecular formula is C9H13N3O. The number of pyridine rings is 1. The molecule has 70 valence electrons. The zero-order chi connectivity index (χ0) is 9.68. The molecule has 1 aromatic heterocycles. The summed E-state index contributed by atoms with van der Waals surface area (Å²) in [4.78, 5) is 3.81. The van der Waals surface area contributed by atoms with Crippen LogP contribution in [0.3, 0.4) is 0 Å². The van der Waals surface area contributed by atoms with Gasteiger partial charge in [-0.25, -0.2) is 4.98 Å². The summed E-state index contributed by atoms with van der Waals surface area (Å²) in [6.07, 6.45) is 5.41. The Balaban J connectivity index is 2.73. The zero-order valence-corrected chi connectivity index (χ0v) is 7.49. The number of hydrogen-bond acceptors (Lipinski definition) is 4. The van der Waals surface area contributed by atoms with Crippen molar-refractivity contribution >= 4 is 11.9 Å². The third-order valence-electron chi connectivity index (χ3n) is 1.55. The molecule has 4 N–H and O–H groups in total. The first-order valence-electron chi connectivity index (χ1n) is 3.99. The number of rotatable bonds is 3. The number of likely N-dealkylation sites (N-methyl/N-ethyl adjacent to an activating group) is 1. The van der Waals surface area contributed by atoms with Crippen molar-refractivity contribution in [2.24, 2.45) is 0 Å². The molecule has 13 heavy (non-hydrogen) atoms. The Hall–Kier alpha value is -1.55. The van der Waals surface area contributed by atoms with E-state index in [0.717, 1.165) is 12.1 Å². The van der Waals surface area contributed by atoms with E-state index in [9.17, 15) is 5.11 Å². The molecule has 0 aliphatic carbocycles. The van der Waals surface area contributed by atoms with Crippen molar-refractivity contribution in [1.29, 1.82) is 0 Å². The zero-order valence-electron chi connectivity index (χ0n) is 7.49. The Morgan fingerprint density at radius 1 is 1.69 bits per heavy atom. The lowest BCUT2D eigenvalue weighted by molar-refractivity contribution is 0.475. The summed E-state index contributed by atoms with van der Waals surface area (Å²) in [7, 11) is 1.86. The molecule has 4 heteroatoms. The minimum absolute atomic E-state index is 0.0200. The van der Waals surface area contributed by atoms with Crippen molar-refractivity contribution in [2.75, 3.05) is 19.3 Å². The maximum atomic E-state index is 9.22. The monoisotopic (exact) mass is 179 g/mol. The minimum Gasteiger partial charge on any atom is -0.504 e. The number of aromatic hydroxyl groups is 1. The molecule has 1 aromatic rings. The summed E-state index contributed by atoms with van der Waals surface area (Å²) < 4.78 is 0. The van der Waals surface area contributed by atoms with E-state index in [-0.39, 0.29) is 11.6 Å². The van der Waals surface area contributed by atoms with Crippen LogP contribution in [0.4, 0.5) is 5.82 Å². The van der Waals surface area contributed by atoms with Gasteiger partial charge in [0.25, 0.3) is 0 Å². The number of nitrogens with zero attached hydrogens (tertiary/aromatic N) is 1. The van der Waals surface area contributed by atoms with Gasteiger partial charge in [-0.15, -0.1) is 0 Å². The predicted octanol–water partition coefficient (Wildman–Crippen LogP) is 0.602. The van der Waals surface area contributed by atoms with E-state index in [0.29, 0.717) is 0 Å². The van der Waals surface area contributed by atoms with Crippen LogP contribution >= 0.6 is 0 Å². The number of nitrogen functional groups attached to an aromatic ring is 1. The normalized spacial score (nSPS) is 10.8. The van der Waals surface area contributed by atoms with Crippen LogP contribution in [-0.4, -0.2) is 23.7 Å². The third-order valence-corrected chi connectivity index (χ3v) is 1.55. The average molecular weight is 179 g/mol. The van der Waals surface area contributed by atoms with Crippen molar-refractivity contribution in [2.45, 2.75) is 0 Å². The number of aromatic nitrogens is 1. The molecule has 0 saturated heterocycles. The highest BCUT2D eigenvalue weighted by Crippen LogP contribution is 2.17. The van der Waals surface area contributed by atoms with Crippen LogP contribution in [-0.2, 0) is 0 Å². The van der Waals surface area contributed by atoms with Crippen LogP contribution in [0, 0.1) is 0 Å². The van der Waals surface area contributed by atoms with Gasteiger partial charge in [-0.1, -0.05) is 12.2 Å². The van der Waals surface area contributed by atoms with Crippen LogP contribution in [0.1, 0.15) is 5.56 Å². The standard InChI is InChI=1S/C9H13N3O/c1-11-4-2-3-7-5-8(13)9(10)12-6-7/h2-3,5-6,11,13H,4H2,1H3,(H2,10,12). The SMILES string of the molecule is CNCC=Cc1cnc(N)c(O)c1. The fraction of sp³-hybridized carbons (Fsp3) is 0.222.